The fourth-order valence-electron chi connectivity index (χ4n) is 3.60. The minimum atomic E-state index is -0.663. The topological polar surface area (TPSA) is 127 Å². The van der Waals surface area contributed by atoms with Crippen LogP contribution in [0.15, 0.2) is 0 Å². The second kappa shape index (κ2) is 33.7. The average Bonchev–Trinajstić information content (AvgIpc) is 2.80. The van der Waals surface area contributed by atoms with Gasteiger partial charge in [0, 0.05) is 18.9 Å². The molecule has 6 N–H and O–H groups in total. The third-order valence-electron chi connectivity index (χ3n) is 5.64. The number of unbranched alkanes of at least 4 members (excludes halogenated alkanes) is 12. The van der Waals surface area contributed by atoms with Gasteiger partial charge in [-0.1, -0.05) is 110 Å². The predicted octanol–water partition coefficient (Wildman–Crippen LogP) is 7.11. The van der Waals surface area contributed by atoms with Crippen LogP contribution >= 0.6 is 0 Å². The van der Waals surface area contributed by atoms with Crippen molar-refractivity contribution >= 4 is 11.9 Å². The van der Waals surface area contributed by atoms with Crippen molar-refractivity contribution in [2.75, 3.05) is 0 Å². The molecule has 0 unspecified atom stereocenters. The Morgan fingerprint density at radius 2 is 0.939 bits per heavy atom. The van der Waals surface area contributed by atoms with E-state index in [9.17, 15) is 9.59 Å². The Morgan fingerprint density at radius 3 is 1.18 bits per heavy atom. The molecule has 203 valence electrons. The molecule has 0 bridgehead atoms. The second-order valence-electron chi connectivity index (χ2n) is 8.93. The Kier molecular flexibility index (Phi) is 37.9. The fraction of sp³-hybridized carbons (Fsp3) is 0.923. The second-order valence-corrected chi connectivity index (χ2v) is 8.93. The third kappa shape index (κ3) is 42.2. The van der Waals surface area contributed by atoms with Crippen LogP contribution in [0.5, 0.6) is 0 Å². The summed E-state index contributed by atoms with van der Waals surface area (Å²) in [5.41, 5.74) is 5.63. The number of aliphatic carboxylic acids is 2. The van der Waals surface area contributed by atoms with E-state index in [-0.39, 0.29) is 0 Å². The molecular weight excluding hydrogens is 599 g/mol. The molecule has 0 aromatic carbocycles. The minimum absolute atomic E-state index is 0.341. The first kappa shape index (κ1) is 37.1. The number of carboxylic acid groups (broad SMARTS) is 2. The molecule has 0 atom stereocenters. The van der Waals surface area contributed by atoms with Crippen molar-refractivity contribution in [3.05, 3.63) is 0 Å². The first-order chi connectivity index (χ1) is 15.9. The molecule has 0 aliphatic heterocycles. The monoisotopic (exact) mass is 654 g/mol. The summed E-state index contributed by atoms with van der Waals surface area (Å²) in [6.45, 7) is 4.40. The first-order valence-corrected chi connectivity index (χ1v) is 14.6. The van der Waals surface area contributed by atoms with Crippen molar-refractivity contribution in [3.63, 3.8) is 0 Å². The van der Waals surface area contributed by atoms with E-state index in [2.05, 4.69) is 18.1 Å². The van der Waals surface area contributed by atoms with E-state index in [1.54, 1.807) is 20.1 Å². The molecule has 7 heteroatoms. The molecule has 0 saturated heterocycles. The van der Waals surface area contributed by atoms with Crippen molar-refractivity contribution in [1.29, 1.82) is 0 Å². The van der Waals surface area contributed by atoms with E-state index < -0.39 is 11.9 Å². The molecule has 1 aliphatic rings. The quantitative estimate of drug-likeness (QED) is 0.132. The normalized spacial score (nSPS) is 12.9. The van der Waals surface area contributed by atoms with E-state index >= 15 is 0 Å². The SMILES string of the molecule is CCCCCCCCCC(=O)O.CCCCCCCCCC(=O)O.NC1CCCCC1.[NH2][Pt]. The van der Waals surface area contributed by atoms with Gasteiger partial charge in [-0.05, 0) is 25.7 Å². The summed E-state index contributed by atoms with van der Waals surface area (Å²) in [5.74, 6) is -1.33. The van der Waals surface area contributed by atoms with Crippen LogP contribution in [0.25, 0.3) is 0 Å². The summed E-state index contributed by atoms with van der Waals surface area (Å²) in [6, 6.07) is 0.536. The van der Waals surface area contributed by atoms with Gasteiger partial charge in [0.25, 0.3) is 0 Å². The Balaban J connectivity index is -0.000000405. The van der Waals surface area contributed by atoms with Crippen molar-refractivity contribution < 1.29 is 39.9 Å². The van der Waals surface area contributed by atoms with Gasteiger partial charge in [-0.3, -0.25) is 9.59 Å². The van der Waals surface area contributed by atoms with E-state index in [1.165, 1.54) is 96.3 Å². The van der Waals surface area contributed by atoms with Crippen LogP contribution in [0, 0.1) is 0 Å². The van der Waals surface area contributed by atoms with E-state index in [4.69, 9.17) is 15.9 Å². The van der Waals surface area contributed by atoms with Gasteiger partial charge in [-0.15, -0.1) is 0 Å². The summed E-state index contributed by atoms with van der Waals surface area (Å²) in [4.78, 5) is 20.3. The maximum atomic E-state index is 10.1. The van der Waals surface area contributed by atoms with Crippen LogP contribution in [-0.2, 0) is 29.7 Å². The van der Waals surface area contributed by atoms with Crippen molar-refractivity contribution in [1.82, 2.24) is 0 Å². The van der Waals surface area contributed by atoms with Crippen molar-refractivity contribution in [2.45, 2.75) is 155 Å². The standard InChI is InChI=1S/2C10H20O2.C6H13N.H2N.Pt/c2*1-2-3-4-5-6-7-8-9-10(11)12;7-6-4-2-1-3-5-6;;/h2*2-9H2,1H3,(H,11,12);6H,1-5,7H2;1H2;/q;;;-1;+1. The molecule has 1 saturated carbocycles. The number of hydrogen-bond donors (Lipinski definition) is 4. The zero-order valence-corrected chi connectivity index (χ0v) is 23.9. The predicted molar refractivity (Wildman–Crippen MR) is 136 cm³/mol. The Hall–Kier alpha value is -0.452. The Bertz CT molecular complexity index is 364. The van der Waals surface area contributed by atoms with Crippen molar-refractivity contribution in [3.8, 4) is 0 Å². The Labute approximate surface area is 216 Å². The molecule has 1 fully saturated rings. The van der Waals surface area contributed by atoms with Gasteiger partial charge in [0.2, 0.25) is 0 Å². The molecule has 0 radical (unpaired) electrons. The Morgan fingerprint density at radius 1 is 0.636 bits per heavy atom. The summed E-state index contributed by atoms with van der Waals surface area (Å²) >= 11 is 1.64. The number of hydrogen-bond acceptors (Lipinski definition) is 4. The van der Waals surface area contributed by atoms with Gasteiger partial charge in [-0.25, -0.2) is 0 Å². The maximum absolute atomic E-state index is 10.1. The molecule has 1 rings (SSSR count). The van der Waals surface area contributed by atoms with Crippen LogP contribution < -0.4 is 10.0 Å². The van der Waals surface area contributed by atoms with Gasteiger partial charge in [0.1, 0.15) is 0 Å². The van der Waals surface area contributed by atoms with Gasteiger partial charge in [0.15, 0.2) is 0 Å². The molecule has 0 amide bonds. The summed E-state index contributed by atoms with van der Waals surface area (Å²) in [6.07, 6.45) is 23.9. The summed E-state index contributed by atoms with van der Waals surface area (Å²) in [5, 5.41) is 16.7. The number of carbonyl (C=O) groups is 2. The first-order valence-electron chi connectivity index (χ1n) is 13.3. The molecule has 1 aliphatic carbocycles. The molecule has 6 nitrogen and oxygen atoms in total. The molecule has 0 spiro atoms. The van der Waals surface area contributed by atoms with E-state index in [0.717, 1.165) is 25.7 Å². The van der Waals surface area contributed by atoms with Crippen LogP contribution in [-0.4, -0.2) is 28.2 Å². The molecule has 0 aromatic heterocycles. The zero-order valence-electron chi connectivity index (χ0n) is 21.6. The summed E-state index contributed by atoms with van der Waals surface area (Å²) in [7, 11) is 0. The number of carboxylic acids is 2. The van der Waals surface area contributed by atoms with Crippen LogP contribution in [0.2, 0.25) is 0 Å². The van der Waals surface area contributed by atoms with Crippen LogP contribution in [0.1, 0.15) is 149 Å². The third-order valence-corrected chi connectivity index (χ3v) is 5.64. The van der Waals surface area contributed by atoms with Crippen molar-refractivity contribution in [2.24, 2.45) is 10.0 Å². The van der Waals surface area contributed by atoms with E-state index in [1.807, 2.05) is 0 Å². The van der Waals surface area contributed by atoms with Gasteiger partial charge >= 0.3 is 36.3 Å². The molecule has 33 heavy (non-hydrogen) atoms. The van der Waals surface area contributed by atoms with Gasteiger partial charge in [-0.2, -0.15) is 0 Å². The fourth-order valence-corrected chi connectivity index (χ4v) is 3.60. The molecule has 0 aromatic rings. The van der Waals surface area contributed by atoms with Crippen LogP contribution in [0.4, 0.5) is 0 Å². The van der Waals surface area contributed by atoms with Gasteiger partial charge < -0.3 is 15.9 Å². The average molecular weight is 655 g/mol. The van der Waals surface area contributed by atoms with Crippen LogP contribution in [0.3, 0.4) is 0 Å². The molecule has 0 heterocycles. The van der Waals surface area contributed by atoms with E-state index in [0.29, 0.717) is 18.9 Å². The summed E-state index contributed by atoms with van der Waals surface area (Å²) < 4.78 is 4.47. The number of nitrogens with two attached hydrogens (primary N) is 2. The van der Waals surface area contributed by atoms with Gasteiger partial charge in [0.05, 0.1) is 0 Å². The number of rotatable bonds is 16. The molecular formula is C26H55N2O4Pt. The zero-order chi connectivity index (χ0) is 25.6.